The van der Waals surface area contributed by atoms with Crippen molar-refractivity contribution in [2.75, 3.05) is 26.0 Å². The van der Waals surface area contributed by atoms with Gasteiger partial charge >= 0.3 is 0 Å². The molecule has 134 valence electrons. The Hall–Kier alpha value is -1.38. The molecule has 1 aromatic rings. The lowest BCUT2D eigenvalue weighted by Crippen LogP contribution is -2.49. The maximum Gasteiger partial charge on any atom is 0.223 e. The highest BCUT2D eigenvalue weighted by Crippen LogP contribution is 2.24. The molecule has 0 saturated carbocycles. The fraction of sp³-hybridized carbons (Fsp3) is 0.533. The zero-order valence-electron chi connectivity index (χ0n) is 13.3. The predicted molar refractivity (Wildman–Crippen MR) is 89.1 cm³/mol. The molecule has 1 aliphatic heterocycles. The average molecular weight is 379 g/mol. The number of piperidine rings is 1. The van der Waals surface area contributed by atoms with Gasteiger partial charge in [0.15, 0.2) is 0 Å². The molecule has 1 aliphatic rings. The van der Waals surface area contributed by atoms with Crippen LogP contribution in [0.25, 0.3) is 0 Å². The zero-order chi connectivity index (χ0) is 17.7. The van der Waals surface area contributed by atoms with Gasteiger partial charge in [0.2, 0.25) is 15.9 Å². The van der Waals surface area contributed by atoms with Crippen molar-refractivity contribution in [3.63, 3.8) is 0 Å². The number of halogens is 2. The second kappa shape index (κ2) is 8.13. The molecule has 0 radical (unpaired) electrons. The summed E-state index contributed by atoms with van der Waals surface area (Å²) in [5.41, 5.74) is 0. The Morgan fingerprint density at radius 2 is 2.25 bits per heavy atom. The summed E-state index contributed by atoms with van der Waals surface area (Å²) in [6, 6.07) is 3.57. The van der Waals surface area contributed by atoms with Crippen LogP contribution in [0, 0.1) is 5.82 Å². The van der Waals surface area contributed by atoms with E-state index in [4.69, 9.17) is 16.3 Å². The number of nitrogens with one attached hydrogen (secondary N) is 1. The van der Waals surface area contributed by atoms with Crippen molar-refractivity contribution < 1.29 is 22.3 Å². The molecular formula is C15H20ClFN2O4S. The molecule has 2 rings (SSSR count). The Balaban J connectivity index is 1.77. The number of carbonyl (C=O) groups excluding carboxylic acids is 1. The third kappa shape index (κ3) is 5.61. The van der Waals surface area contributed by atoms with Gasteiger partial charge in [-0.3, -0.25) is 4.79 Å². The maximum atomic E-state index is 12.9. The van der Waals surface area contributed by atoms with Crippen LogP contribution in [-0.4, -0.2) is 50.6 Å². The molecule has 0 spiro atoms. The maximum absolute atomic E-state index is 12.9. The van der Waals surface area contributed by atoms with Crippen LogP contribution in [0.15, 0.2) is 18.2 Å². The molecule has 0 aliphatic carbocycles. The van der Waals surface area contributed by atoms with Gasteiger partial charge in [-0.05, 0) is 31.0 Å². The summed E-state index contributed by atoms with van der Waals surface area (Å²) in [6.07, 6.45) is 2.71. The quantitative estimate of drug-likeness (QED) is 0.818. The standard InChI is InChI=1S/C15H20ClFN2O4S/c1-24(21,22)19-7-2-3-12(10-19)18-15(20)6-8-23-14-5-4-11(17)9-13(14)16/h4-5,9,12H,2-3,6-8,10H2,1H3,(H,18,20). The average Bonchev–Trinajstić information content (AvgIpc) is 2.49. The third-order valence-electron chi connectivity index (χ3n) is 3.70. The summed E-state index contributed by atoms with van der Waals surface area (Å²) in [6.45, 7) is 0.867. The molecule has 24 heavy (non-hydrogen) atoms. The highest BCUT2D eigenvalue weighted by Gasteiger charge is 2.26. The molecule has 1 fully saturated rings. The number of rotatable bonds is 6. The minimum Gasteiger partial charge on any atom is -0.491 e. The van der Waals surface area contributed by atoms with E-state index in [-0.39, 0.29) is 36.5 Å². The molecule has 9 heteroatoms. The molecule has 6 nitrogen and oxygen atoms in total. The Kier molecular flexibility index (Phi) is 6.42. The van der Waals surface area contributed by atoms with Gasteiger partial charge in [-0.1, -0.05) is 11.6 Å². The molecule has 1 heterocycles. The first-order chi connectivity index (χ1) is 11.3. The zero-order valence-corrected chi connectivity index (χ0v) is 14.9. The van der Waals surface area contributed by atoms with E-state index in [1.54, 1.807) is 0 Å². The fourth-order valence-corrected chi connectivity index (χ4v) is 3.64. The van der Waals surface area contributed by atoms with E-state index in [9.17, 15) is 17.6 Å². The van der Waals surface area contributed by atoms with Crippen LogP contribution in [0.1, 0.15) is 19.3 Å². The van der Waals surface area contributed by atoms with Crippen LogP contribution < -0.4 is 10.1 Å². The van der Waals surface area contributed by atoms with Crippen molar-refractivity contribution in [2.45, 2.75) is 25.3 Å². The number of sulfonamides is 1. The molecule has 1 amide bonds. The number of hydrogen-bond acceptors (Lipinski definition) is 4. The number of hydrogen-bond donors (Lipinski definition) is 1. The minimum atomic E-state index is -3.24. The second-order valence-corrected chi connectivity index (χ2v) is 8.09. The molecule has 0 bridgehead atoms. The number of amides is 1. The van der Waals surface area contributed by atoms with Crippen LogP contribution in [0.5, 0.6) is 5.75 Å². The lowest BCUT2D eigenvalue weighted by Gasteiger charge is -2.31. The smallest absolute Gasteiger partial charge is 0.223 e. The lowest BCUT2D eigenvalue weighted by molar-refractivity contribution is -0.122. The first-order valence-electron chi connectivity index (χ1n) is 7.58. The van der Waals surface area contributed by atoms with Gasteiger partial charge in [-0.15, -0.1) is 0 Å². The van der Waals surface area contributed by atoms with Crippen molar-refractivity contribution in [3.8, 4) is 5.75 Å². The van der Waals surface area contributed by atoms with Gasteiger partial charge in [-0.2, -0.15) is 0 Å². The summed E-state index contributed by atoms with van der Waals surface area (Å²) in [5.74, 6) is -0.377. The molecule has 1 aromatic carbocycles. The van der Waals surface area contributed by atoms with E-state index in [0.29, 0.717) is 18.7 Å². The normalized spacial score (nSPS) is 19.0. The van der Waals surface area contributed by atoms with Crippen LogP contribution in [-0.2, 0) is 14.8 Å². The minimum absolute atomic E-state index is 0.0969. The van der Waals surface area contributed by atoms with Crippen LogP contribution in [0.3, 0.4) is 0 Å². The van der Waals surface area contributed by atoms with Crippen molar-refractivity contribution >= 4 is 27.5 Å². The van der Waals surface area contributed by atoms with E-state index in [1.165, 1.54) is 16.4 Å². The lowest BCUT2D eigenvalue weighted by atomic mass is 10.1. The summed E-state index contributed by atoms with van der Waals surface area (Å²) < 4.78 is 42.8. The summed E-state index contributed by atoms with van der Waals surface area (Å²) >= 11 is 5.83. The third-order valence-corrected chi connectivity index (χ3v) is 5.26. The van der Waals surface area contributed by atoms with Gasteiger partial charge in [-0.25, -0.2) is 17.1 Å². The van der Waals surface area contributed by atoms with Crippen LogP contribution in [0.2, 0.25) is 5.02 Å². The molecule has 1 atom stereocenters. The van der Waals surface area contributed by atoms with Gasteiger partial charge in [0.1, 0.15) is 11.6 Å². The Bertz CT molecular complexity index is 699. The molecule has 1 unspecified atom stereocenters. The molecule has 1 saturated heterocycles. The van der Waals surface area contributed by atoms with E-state index in [1.807, 2.05) is 0 Å². The fourth-order valence-electron chi connectivity index (χ4n) is 2.51. The molecule has 0 aromatic heterocycles. The van der Waals surface area contributed by atoms with E-state index in [0.717, 1.165) is 18.7 Å². The largest absolute Gasteiger partial charge is 0.491 e. The van der Waals surface area contributed by atoms with Crippen molar-refractivity contribution in [2.24, 2.45) is 0 Å². The van der Waals surface area contributed by atoms with E-state index < -0.39 is 15.8 Å². The second-order valence-electron chi connectivity index (χ2n) is 5.70. The molecular weight excluding hydrogens is 359 g/mol. The predicted octanol–water partition coefficient (Wildman–Crippen LogP) is 1.79. The van der Waals surface area contributed by atoms with Crippen molar-refractivity contribution in [3.05, 3.63) is 29.0 Å². The Morgan fingerprint density at radius 3 is 2.92 bits per heavy atom. The van der Waals surface area contributed by atoms with Crippen LogP contribution in [0.4, 0.5) is 4.39 Å². The van der Waals surface area contributed by atoms with Gasteiger partial charge < -0.3 is 10.1 Å². The van der Waals surface area contributed by atoms with E-state index in [2.05, 4.69) is 5.32 Å². The topological polar surface area (TPSA) is 75.7 Å². The van der Waals surface area contributed by atoms with Crippen molar-refractivity contribution in [1.29, 1.82) is 0 Å². The first-order valence-corrected chi connectivity index (χ1v) is 9.80. The summed E-state index contributed by atoms with van der Waals surface area (Å²) in [5, 5.41) is 2.96. The number of carbonyl (C=O) groups is 1. The SMILES string of the molecule is CS(=O)(=O)N1CCCC(NC(=O)CCOc2ccc(F)cc2Cl)C1. The number of nitrogens with zero attached hydrogens (tertiary/aromatic N) is 1. The number of benzene rings is 1. The first kappa shape index (κ1) is 19.0. The summed E-state index contributed by atoms with van der Waals surface area (Å²) in [4.78, 5) is 11.9. The Labute approximate surface area is 146 Å². The van der Waals surface area contributed by atoms with Gasteiger partial charge in [0, 0.05) is 19.1 Å². The monoisotopic (exact) mass is 378 g/mol. The number of ether oxygens (including phenoxy) is 1. The summed E-state index contributed by atoms with van der Waals surface area (Å²) in [7, 11) is -3.24. The Morgan fingerprint density at radius 1 is 1.50 bits per heavy atom. The van der Waals surface area contributed by atoms with E-state index >= 15 is 0 Å². The van der Waals surface area contributed by atoms with Crippen LogP contribution >= 0.6 is 11.6 Å². The van der Waals surface area contributed by atoms with Crippen molar-refractivity contribution in [1.82, 2.24) is 9.62 Å². The van der Waals surface area contributed by atoms with Gasteiger partial charge in [0.25, 0.3) is 0 Å². The van der Waals surface area contributed by atoms with Gasteiger partial charge in [0.05, 0.1) is 24.3 Å². The highest BCUT2D eigenvalue weighted by atomic mass is 35.5. The molecule has 1 N–H and O–H groups in total. The highest BCUT2D eigenvalue weighted by molar-refractivity contribution is 7.88.